The summed E-state index contributed by atoms with van der Waals surface area (Å²) in [5.74, 6) is -0.229. The van der Waals surface area contributed by atoms with E-state index in [0.717, 1.165) is 18.7 Å². The van der Waals surface area contributed by atoms with Gasteiger partial charge in [0.25, 0.3) is 10.1 Å². The quantitative estimate of drug-likeness (QED) is 0.786. The molecule has 2 atom stereocenters. The minimum atomic E-state index is -3.81. The maximum absolute atomic E-state index is 12.3. The summed E-state index contributed by atoms with van der Waals surface area (Å²) in [5.41, 5.74) is 2.19. The highest BCUT2D eigenvalue weighted by Crippen LogP contribution is 2.22. The van der Waals surface area contributed by atoms with Crippen molar-refractivity contribution in [1.82, 2.24) is 4.90 Å². The van der Waals surface area contributed by atoms with Gasteiger partial charge in [-0.1, -0.05) is 48.0 Å². The van der Waals surface area contributed by atoms with Crippen molar-refractivity contribution in [2.24, 2.45) is 5.92 Å². The van der Waals surface area contributed by atoms with Crippen molar-refractivity contribution in [2.45, 2.75) is 30.9 Å². The first-order valence-electron chi connectivity index (χ1n) is 8.84. The monoisotopic (exact) mass is 375 g/mol. The van der Waals surface area contributed by atoms with Crippen LogP contribution in [0.15, 0.2) is 59.5 Å². The zero-order valence-corrected chi connectivity index (χ0v) is 15.7. The van der Waals surface area contributed by atoms with Crippen LogP contribution < -0.4 is 0 Å². The Bertz CT molecular complexity index is 805. The van der Waals surface area contributed by atoms with Gasteiger partial charge in [-0.05, 0) is 31.0 Å². The Hall–Kier alpha value is -1.73. The number of aliphatic hydroxyl groups excluding tert-OH is 1. The van der Waals surface area contributed by atoms with Crippen LogP contribution in [0.3, 0.4) is 0 Å². The lowest BCUT2D eigenvalue weighted by Gasteiger charge is -2.35. The fraction of sp³-hybridized carbons (Fsp3) is 0.400. The molecule has 1 heterocycles. The van der Waals surface area contributed by atoms with Gasteiger partial charge in [-0.15, -0.1) is 0 Å². The topological polar surface area (TPSA) is 66.8 Å². The Balaban J connectivity index is 1.60. The number of likely N-dealkylation sites (tertiary alicyclic amines) is 1. The number of hydrogen-bond donors (Lipinski definition) is 1. The molecule has 0 spiro atoms. The highest BCUT2D eigenvalue weighted by Gasteiger charge is 2.30. The lowest BCUT2D eigenvalue weighted by Crippen LogP contribution is -2.44. The molecule has 0 radical (unpaired) electrons. The minimum absolute atomic E-state index is 0.0112. The molecule has 2 aromatic carbocycles. The molecule has 140 valence electrons. The number of piperidine rings is 1. The highest BCUT2D eigenvalue weighted by molar-refractivity contribution is 7.86. The fourth-order valence-electron chi connectivity index (χ4n) is 3.19. The summed E-state index contributed by atoms with van der Waals surface area (Å²) in [6, 6.07) is 16.7. The van der Waals surface area contributed by atoms with Crippen molar-refractivity contribution in [3.05, 3.63) is 65.7 Å². The van der Waals surface area contributed by atoms with E-state index in [2.05, 4.69) is 17.0 Å². The van der Waals surface area contributed by atoms with Crippen LogP contribution in [0, 0.1) is 12.8 Å². The number of benzene rings is 2. The summed E-state index contributed by atoms with van der Waals surface area (Å²) >= 11 is 0. The van der Waals surface area contributed by atoms with Crippen molar-refractivity contribution < 1.29 is 17.7 Å². The third-order valence-corrected chi connectivity index (χ3v) is 6.07. The maximum atomic E-state index is 12.3. The molecule has 0 bridgehead atoms. The summed E-state index contributed by atoms with van der Waals surface area (Å²) in [6.07, 6.45) is 0.0704. The Morgan fingerprint density at radius 3 is 2.50 bits per heavy atom. The summed E-state index contributed by atoms with van der Waals surface area (Å²) in [5, 5.41) is 10.3. The van der Waals surface area contributed by atoms with Crippen molar-refractivity contribution in [3.8, 4) is 0 Å². The molecular formula is C20H25NO4S. The Morgan fingerprint density at radius 2 is 1.81 bits per heavy atom. The molecule has 0 aromatic heterocycles. The van der Waals surface area contributed by atoms with Gasteiger partial charge in [0.2, 0.25) is 0 Å². The standard InChI is InChI=1S/C20H25NO4S/c1-16-7-9-19(10-8-16)26(23,24)25-15-18-14-21(12-11-20(18)22)13-17-5-3-2-4-6-17/h2-10,18,20,22H,11-15H2,1H3/t18-,20-/m0/s1. The number of nitrogens with zero attached hydrogens (tertiary/aromatic N) is 1. The normalized spacial score (nSPS) is 21.6. The number of rotatable bonds is 6. The molecule has 1 saturated heterocycles. The lowest BCUT2D eigenvalue weighted by molar-refractivity contribution is 0.00406. The predicted octanol–water partition coefficient (Wildman–Crippen LogP) is 2.58. The molecule has 6 heteroatoms. The molecule has 0 amide bonds. The Labute approximate surface area is 155 Å². The van der Waals surface area contributed by atoms with Crippen LogP contribution in [-0.4, -0.2) is 44.2 Å². The van der Waals surface area contributed by atoms with Gasteiger partial charge < -0.3 is 5.11 Å². The van der Waals surface area contributed by atoms with Crippen molar-refractivity contribution >= 4 is 10.1 Å². The van der Waals surface area contributed by atoms with E-state index < -0.39 is 16.2 Å². The third-order valence-electron chi connectivity index (χ3n) is 4.77. The van der Waals surface area contributed by atoms with Crippen LogP contribution >= 0.6 is 0 Å². The molecule has 2 aromatic rings. The van der Waals surface area contributed by atoms with E-state index >= 15 is 0 Å². The summed E-state index contributed by atoms with van der Waals surface area (Å²) in [4.78, 5) is 2.38. The van der Waals surface area contributed by atoms with E-state index in [-0.39, 0.29) is 17.4 Å². The van der Waals surface area contributed by atoms with E-state index in [0.29, 0.717) is 13.0 Å². The zero-order valence-electron chi connectivity index (χ0n) is 14.9. The van der Waals surface area contributed by atoms with Gasteiger partial charge in [-0.25, -0.2) is 0 Å². The van der Waals surface area contributed by atoms with Gasteiger partial charge in [0.1, 0.15) is 0 Å². The molecule has 1 fully saturated rings. The van der Waals surface area contributed by atoms with Gasteiger partial charge in [0.05, 0.1) is 17.6 Å². The van der Waals surface area contributed by atoms with Gasteiger partial charge >= 0.3 is 0 Å². The Kier molecular flexibility index (Phi) is 6.09. The average molecular weight is 375 g/mol. The van der Waals surface area contributed by atoms with Crippen LogP contribution in [0.5, 0.6) is 0 Å². The number of aliphatic hydroxyl groups is 1. The van der Waals surface area contributed by atoms with Crippen molar-refractivity contribution in [2.75, 3.05) is 19.7 Å². The van der Waals surface area contributed by atoms with Crippen LogP contribution in [0.4, 0.5) is 0 Å². The molecular weight excluding hydrogens is 350 g/mol. The van der Waals surface area contributed by atoms with E-state index in [1.165, 1.54) is 5.56 Å². The van der Waals surface area contributed by atoms with Gasteiger partial charge in [-0.3, -0.25) is 9.08 Å². The first-order chi connectivity index (χ1) is 12.4. The second-order valence-corrected chi connectivity index (χ2v) is 8.50. The van der Waals surface area contributed by atoms with Gasteiger partial charge in [-0.2, -0.15) is 8.42 Å². The molecule has 0 saturated carbocycles. The maximum Gasteiger partial charge on any atom is 0.296 e. The summed E-state index contributed by atoms with van der Waals surface area (Å²) in [7, 11) is -3.81. The SMILES string of the molecule is Cc1ccc(S(=O)(=O)OC[C@@H]2CN(Cc3ccccc3)CC[C@@H]2O)cc1. The fourth-order valence-corrected chi connectivity index (χ4v) is 4.15. The third kappa shape index (κ3) is 4.92. The van der Waals surface area contributed by atoms with E-state index in [4.69, 9.17) is 4.18 Å². The molecule has 1 aliphatic heterocycles. The first-order valence-corrected chi connectivity index (χ1v) is 10.3. The van der Waals surface area contributed by atoms with Gasteiger partial charge in [0.15, 0.2) is 0 Å². The number of hydrogen-bond acceptors (Lipinski definition) is 5. The van der Waals surface area contributed by atoms with Crippen LogP contribution in [0.25, 0.3) is 0 Å². The van der Waals surface area contributed by atoms with E-state index in [1.54, 1.807) is 24.3 Å². The molecule has 3 rings (SSSR count). The first kappa shape index (κ1) is 19.0. The van der Waals surface area contributed by atoms with Crippen LogP contribution in [0.1, 0.15) is 17.5 Å². The molecule has 5 nitrogen and oxygen atoms in total. The lowest BCUT2D eigenvalue weighted by atomic mass is 9.95. The van der Waals surface area contributed by atoms with E-state index in [9.17, 15) is 13.5 Å². The molecule has 0 aliphatic carbocycles. The second-order valence-electron chi connectivity index (χ2n) is 6.89. The highest BCUT2D eigenvalue weighted by atomic mass is 32.2. The van der Waals surface area contributed by atoms with Crippen LogP contribution in [-0.2, 0) is 20.8 Å². The smallest absolute Gasteiger partial charge is 0.296 e. The summed E-state index contributed by atoms with van der Waals surface area (Å²) < 4.78 is 29.9. The Morgan fingerprint density at radius 1 is 1.12 bits per heavy atom. The van der Waals surface area contributed by atoms with E-state index in [1.807, 2.05) is 25.1 Å². The molecule has 0 unspecified atom stereocenters. The number of aryl methyl sites for hydroxylation is 1. The molecule has 1 aliphatic rings. The summed E-state index contributed by atoms with van der Waals surface area (Å²) in [6.45, 7) is 4.07. The molecule has 1 N–H and O–H groups in total. The largest absolute Gasteiger partial charge is 0.393 e. The van der Waals surface area contributed by atoms with Crippen molar-refractivity contribution in [3.63, 3.8) is 0 Å². The van der Waals surface area contributed by atoms with Gasteiger partial charge in [0, 0.05) is 25.6 Å². The zero-order chi connectivity index (χ0) is 18.6. The average Bonchev–Trinajstić information content (AvgIpc) is 2.63. The van der Waals surface area contributed by atoms with Crippen LogP contribution in [0.2, 0.25) is 0 Å². The second kappa shape index (κ2) is 8.31. The predicted molar refractivity (Wildman–Crippen MR) is 100 cm³/mol. The van der Waals surface area contributed by atoms with Crippen molar-refractivity contribution in [1.29, 1.82) is 0 Å². The molecule has 26 heavy (non-hydrogen) atoms. The minimum Gasteiger partial charge on any atom is -0.393 e.